The summed E-state index contributed by atoms with van der Waals surface area (Å²) in [6.45, 7) is -0.0170. The van der Waals surface area contributed by atoms with Crippen molar-refractivity contribution in [1.82, 2.24) is 0 Å². The van der Waals surface area contributed by atoms with Crippen molar-refractivity contribution < 1.29 is 19.2 Å². The van der Waals surface area contributed by atoms with E-state index in [9.17, 15) is 14.9 Å². The predicted molar refractivity (Wildman–Crippen MR) is 95.2 cm³/mol. The van der Waals surface area contributed by atoms with Crippen LogP contribution in [-0.2, 0) is 11.3 Å². The monoisotopic (exact) mass is 349 g/mol. The van der Waals surface area contributed by atoms with Crippen LogP contribution in [0.25, 0.3) is 0 Å². The van der Waals surface area contributed by atoms with Crippen LogP contribution in [-0.4, -0.2) is 10.9 Å². The Morgan fingerprint density at radius 3 is 2.35 bits per heavy atom. The van der Waals surface area contributed by atoms with E-state index < -0.39 is 10.9 Å². The van der Waals surface area contributed by atoms with Crippen LogP contribution in [0.1, 0.15) is 15.9 Å². The Kier molecular flexibility index (Phi) is 5.24. The molecule has 3 rings (SSSR count). The highest BCUT2D eigenvalue weighted by Crippen LogP contribution is 2.23. The fourth-order valence-electron chi connectivity index (χ4n) is 2.36. The molecule has 6 nitrogen and oxygen atoms in total. The SMILES string of the molecule is O=C(OCc1cccc(Oc2ccccc2)c1)c1ccccc1[N+](=O)[O-]. The molecule has 26 heavy (non-hydrogen) atoms. The molecule has 3 aromatic carbocycles. The van der Waals surface area contributed by atoms with Crippen molar-refractivity contribution in [2.24, 2.45) is 0 Å². The molecule has 0 unspecified atom stereocenters. The van der Waals surface area contributed by atoms with E-state index in [2.05, 4.69) is 0 Å². The average molecular weight is 349 g/mol. The number of esters is 1. The summed E-state index contributed by atoms with van der Waals surface area (Å²) in [5, 5.41) is 11.0. The molecule has 0 heterocycles. The van der Waals surface area contributed by atoms with Gasteiger partial charge in [-0.05, 0) is 35.9 Å². The first-order chi connectivity index (χ1) is 12.6. The second-order valence-electron chi connectivity index (χ2n) is 5.41. The van der Waals surface area contributed by atoms with Gasteiger partial charge in [-0.3, -0.25) is 10.1 Å². The van der Waals surface area contributed by atoms with Crippen molar-refractivity contribution in [1.29, 1.82) is 0 Å². The van der Waals surface area contributed by atoms with Crippen LogP contribution in [0.3, 0.4) is 0 Å². The Balaban J connectivity index is 1.68. The number of para-hydroxylation sites is 2. The summed E-state index contributed by atoms with van der Waals surface area (Å²) >= 11 is 0. The zero-order valence-corrected chi connectivity index (χ0v) is 13.7. The van der Waals surface area contributed by atoms with Crippen LogP contribution in [0.5, 0.6) is 11.5 Å². The Morgan fingerprint density at radius 1 is 0.885 bits per heavy atom. The lowest BCUT2D eigenvalue weighted by Crippen LogP contribution is -2.08. The van der Waals surface area contributed by atoms with Gasteiger partial charge in [0.1, 0.15) is 23.7 Å². The lowest BCUT2D eigenvalue weighted by atomic mass is 10.2. The Labute approximate surface area is 149 Å². The molecule has 0 saturated carbocycles. The topological polar surface area (TPSA) is 78.7 Å². The number of carbonyl (C=O) groups excluding carboxylic acids is 1. The standard InChI is InChI=1S/C20H15NO5/c22-20(18-11-4-5-12-19(18)21(23)24)25-14-15-7-6-10-17(13-15)26-16-8-2-1-3-9-16/h1-13H,14H2. The molecule has 0 aliphatic heterocycles. The van der Waals surface area contributed by atoms with E-state index in [-0.39, 0.29) is 17.9 Å². The smallest absolute Gasteiger partial charge is 0.345 e. The zero-order chi connectivity index (χ0) is 18.4. The van der Waals surface area contributed by atoms with Crippen molar-refractivity contribution in [2.45, 2.75) is 6.61 Å². The first-order valence-corrected chi connectivity index (χ1v) is 7.86. The highest BCUT2D eigenvalue weighted by atomic mass is 16.6. The highest BCUT2D eigenvalue weighted by molar-refractivity contribution is 5.93. The maximum Gasteiger partial charge on any atom is 0.345 e. The van der Waals surface area contributed by atoms with Gasteiger partial charge in [-0.15, -0.1) is 0 Å². The summed E-state index contributed by atoms with van der Waals surface area (Å²) in [6, 6.07) is 22.1. The largest absolute Gasteiger partial charge is 0.457 e. The number of hydrogen-bond acceptors (Lipinski definition) is 5. The van der Waals surface area contributed by atoms with E-state index in [0.29, 0.717) is 17.1 Å². The maximum atomic E-state index is 12.2. The fourth-order valence-corrected chi connectivity index (χ4v) is 2.36. The van der Waals surface area contributed by atoms with Crippen LogP contribution in [0.4, 0.5) is 5.69 Å². The quantitative estimate of drug-likeness (QED) is 0.365. The van der Waals surface area contributed by atoms with Crippen molar-refractivity contribution in [3.8, 4) is 11.5 Å². The van der Waals surface area contributed by atoms with Gasteiger partial charge in [0, 0.05) is 6.07 Å². The van der Waals surface area contributed by atoms with Crippen molar-refractivity contribution in [3.05, 3.63) is 100 Å². The van der Waals surface area contributed by atoms with Crippen molar-refractivity contribution in [3.63, 3.8) is 0 Å². The first-order valence-electron chi connectivity index (χ1n) is 7.86. The lowest BCUT2D eigenvalue weighted by molar-refractivity contribution is -0.385. The van der Waals surface area contributed by atoms with Gasteiger partial charge in [0.25, 0.3) is 5.69 Å². The molecule has 0 amide bonds. The minimum Gasteiger partial charge on any atom is -0.457 e. The third kappa shape index (κ3) is 4.24. The molecule has 0 atom stereocenters. The Morgan fingerprint density at radius 2 is 1.58 bits per heavy atom. The number of carbonyl (C=O) groups is 1. The van der Waals surface area contributed by atoms with E-state index in [1.807, 2.05) is 30.3 Å². The molecule has 0 saturated heterocycles. The lowest BCUT2D eigenvalue weighted by Gasteiger charge is -2.08. The van der Waals surface area contributed by atoms with Crippen LogP contribution in [0, 0.1) is 10.1 Å². The van der Waals surface area contributed by atoms with Gasteiger partial charge >= 0.3 is 5.97 Å². The Bertz CT molecular complexity index is 924. The van der Waals surface area contributed by atoms with Crippen molar-refractivity contribution >= 4 is 11.7 Å². The van der Waals surface area contributed by atoms with Gasteiger partial charge in [0.05, 0.1) is 4.92 Å². The molecule has 0 N–H and O–H groups in total. The molecular weight excluding hydrogens is 334 g/mol. The summed E-state index contributed by atoms with van der Waals surface area (Å²) < 4.78 is 10.9. The van der Waals surface area contributed by atoms with E-state index >= 15 is 0 Å². The van der Waals surface area contributed by atoms with Gasteiger partial charge < -0.3 is 9.47 Å². The zero-order valence-electron chi connectivity index (χ0n) is 13.7. The summed E-state index contributed by atoms with van der Waals surface area (Å²) in [5.41, 5.74) is 0.359. The second kappa shape index (κ2) is 7.94. The Hall–Kier alpha value is -3.67. The number of nitro benzene ring substituents is 1. The number of benzene rings is 3. The third-order valence-corrected chi connectivity index (χ3v) is 3.57. The van der Waals surface area contributed by atoms with E-state index in [1.54, 1.807) is 30.3 Å². The third-order valence-electron chi connectivity index (χ3n) is 3.57. The predicted octanol–water partition coefficient (Wildman–Crippen LogP) is 4.74. The molecule has 0 aliphatic rings. The van der Waals surface area contributed by atoms with Gasteiger partial charge in [0.15, 0.2) is 0 Å². The number of hydrogen-bond donors (Lipinski definition) is 0. The highest BCUT2D eigenvalue weighted by Gasteiger charge is 2.20. The van der Waals surface area contributed by atoms with Gasteiger partial charge in [-0.25, -0.2) is 4.79 Å². The summed E-state index contributed by atoms with van der Waals surface area (Å²) in [4.78, 5) is 22.6. The molecular formula is C20H15NO5. The van der Waals surface area contributed by atoms with Gasteiger partial charge in [0.2, 0.25) is 0 Å². The molecule has 0 bridgehead atoms. The van der Waals surface area contributed by atoms with Crippen molar-refractivity contribution in [2.75, 3.05) is 0 Å². The average Bonchev–Trinajstić information content (AvgIpc) is 2.67. The van der Waals surface area contributed by atoms with Gasteiger partial charge in [-0.2, -0.15) is 0 Å². The second-order valence-corrected chi connectivity index (χ2v) is 5.41. The number of rotatable bonds is 6. The van der Waals surface area contributed by atoms with E-state index in [1.165, 1.54) is 18.2 Å². The normalized spacial score (nSPS) is 10.2. The summed E-state index contributed by atoms with van der Waals surface area (Å²) in [7, 11) is 0. The minimum atomic E-state index is -0.744. The molecule has 0 radical (unpaired) electrons. The molecule has 6 heteroatoms. The molecule has 0 spiro atoms. The number of ether oxygens (including phenoxy) is 2. The molecule has 0 fully saturated rings. The molecule has 0 aliphatic carbocycles. The fraction of sp³-hybridized carbons (Fsp3) is 0.0500. The molecule has 3 aromatic rings. The molecule has 0 aromatic heterocycles. The summed E-state index contributed by atoms with van der Waals surface area (Å²) in [5.74, 6) is 0.559. The minimum absolute atomic E-state index is 0.0170. The maximum absolute atomic E-state index is 12.2. The van der Waals surface area contributed by atoms with Crippen LogP contribution in [0.2, 0.25) is 0 Å². The van der Waals surface area contributed by atoms with Crippen LogP contribution >= 0.6 is 0 Å². The van der Waals surface area contributed by atoms with E-state index in [4.69, 9.17) is 9.47 Å². The van der Waals surface area contributed by atoms with E-state index in [0.717, 1.165) is 0 Å². The van der Waals surface area contributed by atoms with Crippen LogP contribution < -0.4 is 4.74 Å². The van der Waals surface area contributed by atoms with Gasteiger partial charge in [-0.1, -0.05) is 42.5 Å². The molecule has 130 valence electrons. The first kappa shape index (κ1) is 17.2. The number of nitrogens with zero attached hydrogens (tertiary/aromatic N) is 1. The summed E-state index contributed by atoms with van der Waals surface area (Å²) in [6.07, 6.45) is 0. The number of nitro groups is 1. The van der Waals surface area contributed by atoms with Crippen LogP contribution in [0.15, 0.2) is 78.9 Å².